The minimum atomic E-state index is -0.348. The first-order valence-corrected chi connectivity index (χ1v) is 28.5. The molecule has 83 heavy (non-hydrogen) atoms. The molecule has 0 fully saturated rings. The van der Waals surface area contributed by atoms with E-state index in [0.717, 1.165) is 71.5 Å². The molecular weight excluding hydrogens is 1060 g/mol. The van der Waals surface area contributed by atoms with Crippen molar-refractivity contribution in [2.45, 2.75) is 92.4 Å². The molecule has 0 aliphatic rings. The molecule has 0 bridgehead atoms. The molecule has 0 aliphatic heterocycles. The van der Waals surface area contributed by atoms with E-state index < -0.39 is 0 Å². The lowest BCUT2D eigenvalue weighted by Crippen LogP contribution is -2.59. The van der Waals surface area contributed by atoms with Crippen LogP contribution in [0.1, 0.15) is 92.9 Å². The van der Waals surface area contributed by atoms with Gasteiger partial charge in [-0.25, -0.2) is 0 Å². The molecule has 0 atom stereocenters. The van der Waals surface area contributed by atoms with E-state index in [9.17, 15) is 0 Å². The van der Waals surface area contributed by atoms with Gasteiger partial charge >= 0.3 is 0 Å². The molecule has 10 rings (SSSR count). The predicted molar refractivity (Wildman–Crippen MR) is 372 cm³/mol. The van der Waals surface area contributed by atoms with Crippen molar-refractivity contribution in [3.63, 3.8) is 0 Å². The monoisotopic (exact) mass is 1120 g/mol. The average Bonchev–Trinajstić information content (AvgIpc) is 4.04. The number of nitrogens with zero attached hydrogens (tertiary/aromatic N) is 3. The van der Waals surface area contributed by atoms with Gasteiger partial charge in [0.2, 0.25) is 0 Å². The fourth-order valence-electron chi connectivity index (χ4n) is 10.4. The zero-order chi connectivity index (χ0) is 60.4. The summed E-state index contributed by atoms with van der Waals surface area (Å²) in [5, 5.41) is 2.12. The summed E-state index contributed by atoms with van der Waals surface area (Å²) in [6.07, 6.45) is 0. The Morgan fingerprint density at radius 3 is 1.12 bits per heavy atom. The Labute approximate surface area is 514 Å². The van der Waals surface area contributed by atoms with Gasteiger partial charge in [-0.1, -0.05) is 165 Å². The summed E-state index contributed by atoms with van der Waals surface area (Å²) in [4.78, 5) is 6.18. The molecule has 15 heteroatoms. The second-order valence-electron chi connectivity index (χ2n) is 23.9. The van der Waals surface area contributed by atoms with Gasteiger partial charge in [0.1, 0.15) is 89.6 Å². The third-order valence-electron chi connectivity index (χ3n) is 15.3. The third kappa shape index (κ3) is 11.5. The van der Waals surface area contributed by atoms with Crippen molar-refractivity contribution in [3.05, 3.63) is 173 Å². The minimum absolute atomic E-state index is 0.00803. The Kier molecular flexibility index (Phi) is 17.2. The van der Waals surface area contributed by atoms with Gasteiger partial charge < -0.3 is 19.1 Å². The Morgan fingerprint density at radius 2 is 0.687 bits per heavy atom. The van der Waals surface area contributed by atoms with Crippen LogP contribution in [0.5, 0.6) is 0 Å². The smallest absolute Gasteiger partial charge is 0.136 e. The molecule has 0 aliphatic carbocycles. The first kappa shape index (κ1) is 60.9. The summed E-state index contributed by atoms with van der Waals surface area (Å²) in [5.74, 6) is 0. The molecule has 0 saturated carbocycles. The van der Waals surface area contributed by atoms with Crippen molar-refractivity contribution in [1.82, 2.24) is 0 Å². The van der Waals surface area contributed by atoms with Gasteiger partial charge in [0.05, 0.1) is 15.8 Å². The van der Waals surface area contributed by atoms with E-state index in [2.05, 4.69) is 197 Å². The summed E-state index contributed by atoms with van der Waals surface area (Å²) >= 11 is 4.31. The lowest BCUT2D eigenvalue weighted by Gasteiger charge is -2.37. The maximum Gasteiger partial charge on any atom is 0.136 e. The van der Waals surface area contributed by atoms with Crippen molar-refractivity contribution in [1.29, 1.82) is 0 Å². The van der Waals surface area contributed by atoms with Crippen LogP contribution in [0.15, 0.2) is 161 Å². The summed E-state index contributed by atoms with van der Waals surface area (Å²) in [6, 6.07) is 52.8. The maximum absolute atomic E-state index is 6.93. The van der Waals surface area contributed by atoms with Crippen LogP contribution in [-0.4, -0.2) is 78.5 Å². The molecule has 0 spiro atoms. The van der Waals surface area contributed by atoms with Crippen molar-refractivity contribution in [2.24, 2.45) is 0 Å². The highest BCUT2D eigenvalue weighted by atomic mass is 79.9. The van der Waals surface area contributed by atoms with E-state index in [1.807, 2.05) is 56.3 Å². The normalized spacial score (nSPS) is 11.9. The Bertz CT molecular complexity index is 3900. The van der Waals surface area contributed by atoms with Gasteiger partial charge in [0, 0.05) is 50.6 Å². The molecular formula is C68H58B10BrN3O. The van der Waals surface area contributed by atoms with Gasteiger partial charge in [-0.3, -0.25) is 0 Å². The van der Waals surface area contributed by atoms with Crippen LogP contribution in [0.25, 0.3) is 33.1 Å². The highest BCUT2D eigenvalue weighted by Crippen LogP contribution is 2.50. The highest BCUT2D eigenvalue weighted by Gasteiger charge is 2.30. The van der Waals surface area contributed by atoms with Crippen molar-refractivity contribution in [2.75, 3.05) is 14.7 Å². The van der Waals surface area contributed by atoms with Crippen LogP contribution in [0.3, 0.4) is 0 Å². The third-order valence-corrected chi connectivity index (χ3v) is 16.2. The zero-order valence-electron chi connectivity index (χ0n) is 49.3. The molecule has 10 aromatic rings. The lowest BCUT2D eigenvalue weighted by molar-refractivity contribution is 0.589. The first-order valence-electron chi connectivity index (χ1n) is 27.8. The number of para-hydroxylation sites is 1. The Morgan fingerprint density at radius 1 is 0.325 bits per heavy atom. The van der Waals surface area contributed by atoms with Crippen molar-refractivity contribution >= 4 is 222 Å². The number of hydrogen-bond acceptors (Lipinski definition) is 4. The molecule has 1 heterocycles. The van der Waals surface area contributed by atoms with Gasteiger partial charge in [-0.2, -0.15) is 0 Å². The van der Waals surface area contributed by atoms with E-state index in [1.54, 1.807) is 4.90 Å². The summed E-state index contributed by atoms with van der Waals surface area (Å²) in [7, 11) is 66.9. The molecule has 20 radical (unpaired) electrons. The van der Waals surface area contributed by atoms with Gasteiger partial charge in [-0.05, 0) is 145 Å². The fourth-order valence-corrected chi connectivity index (χ4v) is 11.0. The number of rotatable bonds is 10. The standard InChI is InChI=1S/C66H52B10BrN3O.C2H6/c1-64(2,3)37-20-26-41(27-21-37)78(42-28-22-38(23-29-42)65(4,5)6)47-32-39(66(7,8)9)33-48(61(47)77)79(40-24-17-35(18-25-40)36-19-30-46-45-15-10-11-16-49(45)81-50(46)31-36)43-13-12-14-44(34-43)80(62-57(73)53(69)51(67)54(70)58(62)74)63-59(75)55(71)52(68)56(72)60(63)76;1-2/h10-34H,1-9H3;1-2H3. The highest BCUT2D eigenvalue weighted by molar-refractivity contribution is 9.10. The van der Waals surface area contributed by atoms with E-state index in [0.29, 0.717) is 11.4 Å². The summed E-state index contributed by atoms with van der Waals surface area (Å²) in [5.41, 5.74) is 12.8. The van der Waals surface area contributed by atoms with E-state index in [4.69, 9.17) is 82.9 Å². The van der Waals surface area contributed by atoms with Crippen LogP contribution in [0.4, 0.5) is 51.2 Å². The number of benzene rings is 9. The Hall–Kier alpha value is -6.69. The minimum Gasteiger partial charge on any atom is -0.456 e. The lowest BCUT2D eigenvalue weighted by atomic mass is 9.60. The fraction of sp³-hybridized carbons (Fsp3) is 0.206. The molecule has 388 valence electrons. The largest absolute Gasteiger partial charge is 0.456 e. The van der Waals surface area contributed by atoms with Crippen molar-refractivity contribution < 1.29 is 4.42 Å². The van der Waals surface area contributed by atoms with Crippen LogP contribution in [0, 0.1) is 0 Å². The molecule has 1 aromatic heterocycles. The Balaban J connectivity index is 0.00000410. The molecule has 0 saturated heterocycles. The van der Waals surface area contributed by atoms with Crippen LogP contribution in [-0.2, 0) is 16.2 Å². The second kappa shape index (κ2) is 23.4. The topological polar surface area (TPSA) is 22.9 Å². The molecule has 0 unspecified atom stereocenters. The first-order chi connectivity index (χ1) is 39.1. The summed E-state index contributed by atoms with van der Waals surface area (Å²) in [6.45, 7) is 24.0. The van der Waals surface area contributed by atoms with Gasteiger partial charge in [-0.15, -0.1) is 32.8 Å². The van der Waals surface area contributed by atoms with Gasteiger partial charge in [0.25, 0.3) is 0 Å². The zero-order valence-corrected chi connectivity index (χ0v) is 50.9. The maximum atomic E-state index is 6.93. The molecule has 4 nitrogen and oxygen atoms in total. The van der Waals surface area contributed by atoms with E-state index >= 15 is 0 Å². The van der Waals surface area contributed by atoms with Crippen LogP contribution >= 0.6 is 15.9 Å². The van der Waals surface area contributed by atoms with Crippen LogP contribution < -0.4 is 69.3 Å². The van der Waals surface area contributed by atoms with Gasteiger partial charge in [0.15, 0.2) is 0 Å². The number of hydrogen-bond donors (Lipinski definition) is 0. The number of fused-ring (bicyclic) bond motifs is 3. The molecule has 0 N–H and O–H groups in total. The van der Waals surface area contributed by atoms with Crippen LogP contribution in [0.2, 0.25) is 0 Å². The number of furan rings is 1. The van der Waals surface area contributed by atoms with E-state index in [1.165, 1.54) is 11.1 Å². The summed E-state index contributed by atoms with van der Waals surface area (Å²) < 4.78 is 7.15. The average molecular weight is 1120 g/mol. The van der Waals surface area contributed by atoms with Crippen molar-refractivity contribution in [3.8, 4) is 11.1 Å². The van der Waals surface area contributed by atoms with E-state index in [-0.39, 0.29) is 82.2 Å². The predicted octanol–water partition coefficient (Wildman–Crippen LogP) is 9.28. The molecule has 9 aromatic carbocycles. The SMILES string of the molecule is CC.[B]c1c([B])c([B])c(N(c2cccc(N(c3ccc(-c4ccc5c(c4)oc4ccccc45)cc3)c3cc(C(C)(C)C)cc(N(c4ccc(C(C)(C)C)cc4)c4ccc(C(C)(C)C)cc4)c3Br)c2)c2c([B])c([B])c([B])c([B])c2[B])c([B])c1[B]. The second-order valence-corrected chi connectivity index (χ2v) is 24.7. The quantitative estimate of drug-likeness (QED) is 0.128. The molecule has 0 amide bonds. The number of anilines is 9. The number of halogens is 1.